The van der Waals surface area contributed by atoms with Crippen LogP contribution in [0.4, 0.5) is 0 Å². The van der Waals surface area contributed by atoms with Gasteiger partial charge in [0.2, 0.25) is 5.91 Å². The second kappa shape index (κ2) is 7.70. The molecule has 0 aromatic heterocycles. The van der Waals surface area contributed by atoms with E-state index in [9.17, 15) is 4.79 Å². The van der Waals surface area contributed by atoms with Crippen LogP contribution < -0.4 is 5.32 Å². The first-order chi connectivity index (χ1) is 8.19. The minimum Gasteiger partial charge on any atom is -0.343 e. The molecule has 1 N–H and O–H groups in total. The summed E-state index contributed by atoms with van der Waals surface area (Å²) >= 11 is 0. The number of hydrogen-bond donors (Lipinski definition) is 1. The van der Waals surface area contributed by atoms with Crippen LogP contribution in [0.5, 0.6) is 0 Å². The largest absolute Gasteiger partial charge is 0.343 e. The van der Waals surface area contributed by atoms with Crippen molar-refractivity contribution in [1.82, 2.24) is 10.2 Å². The topological polar surface area (TPSA) is 32.3 Å². The number of nitrogens with zero attached hydrogens (tertiary/aromatic N) is 1. The van der Waals surface area contributed by atoms with Gasteiger partial charge in [0.05, 0.1) is 0 Å². The van der Waals surface area contributed by atoms with Crippen LogP contribution in [-0.2, 0) is 4.79 Å². The third kappa shape index (κ3) is 4.66. The van der Waals surface area contributed by atoms with Gasteiger partial charge in [0.15, 0.2) is 0 Å². The maximum atomic E-state index is 12.1. The molecule has 0 aromatic rings. The summed E-state index contributed by atoms with van der Waals surface area (Å²) < 4.78 is 0. The van der Waals surface area contributed by atoms with Gasteiger partial charge in [-0.15, -0.1) is 0 Å². The molecule has 1 heterocycles. The quantitative estimate of drug-likeness (QED) is 0.772. The Hall–Kier alpha value is -0.570. The molecular formula is C14H28N2O. The van der Waals surface area contributed by atoms with E-state index in [0.29, 0.717) is 17.7 Å². The van der Waals surface area contributed by atoms with Crippen LogP contribution in [0, 0.1) is 11.8 Å². The van der Waals surface area contributed by atoms with E-state index >= 15 is 0 Å². The first-order valence-electron chi connectivity index (χ1n) is 7.17. The minimum absolute atomic E-state index is 0.340. The van der Waals surface area contributed by atoms with Crippen molar-refractivity contribution < 1.29 is 4.79 Å². The lowest BCUT2D eigenvalue weighted by atomic mass is 9.85. The summed E-state index contributed by atoms with van der Waals surface area (Å²) in [4.78, 5) is 14.1. The monoisotopic (exact) mass is 240 g/mol. The van der Waals surface area contributed by atoms with Crippen molar-refractivity contribution in [3.63, 3.8) is 0 Å². The average Bonchev–Trinajstić information content (AvgIpc) is 2.36. The van der Waals surface area contributed by atoms with Gasteiger partial charge in [-0.05, 0) is 51.1 Å². The molecule has 1 aliphatic rings. The summed E-state index contributed by atoms with van der Waals surface area (Å²) in [5, 5.41) is 3.43. The first kappa shape index (κ1) is 14.5. The Labute approximate surface area is 106 Å². The lowest BCUT2D eigenvalue weighted by Crippen LogP contribution is -2.37. The van der Waals surface area contributed by atoms with Crippen molar-refractivity contribution in [3.05, 3.63) is 0 Å². The highest BCUT2D eigenvalue weighted by molar-refractivity contribution is 5.76. The second-order valence-corrected chi connectivity index (χ2v) is 5.26. The molecule has 1 fully saturated rings. The van der Waals surface area contributed by atoms with E-state index in [1.54, 1.807) is 0 Å². The zero-order valence-electron chi connectivity index (χ0n) is 11.7. The summed E-state index contributed by atoms with van der Waals surface area (Å²) in [5.74, 6) is 1.54. The third-order valence-corrected chi connectivity index (χ3v) is 3.86. The zero-order valence-corrected chi connectivity index (χ0v) is 11.7. The van der Waals surface area contributed by atoms with Crippen molar-refractivity contribution in [1.29, 1.82) is 0 Å². The number of carbonyl (C=O) groups excluding carboxylic acids is 1. The maximum absolute atomic E-state index is 12.1. The number of nitrogens with one attached hydrogen (secondary N) is 1. The molecule has 1 rings (SSSR count). The van der Waals surface area contributed by atoms with E-state index in [0.717, 1.165) is 39.0 Å². The van der Waals surface area contributed by atoms with E-state index in [4.69, 9.17) is 0 Å². The summed E-state index contributed by atoms with van der Waals surface area (Å²) in [7, 11) is 0. The number of amides is 1. The van der Waals surface area contributed by atoms with Crippen molar-refractivity contribution >= 4 is 5.91 Å². The number of piperidine rings is 1. The van der Waals surface area contributed by atoms with Gasteiger partial charge in [0, 0.05) is 19.5 Å². The summed E-state index contributed by atoms with van der Waals surface area (Å²) in [6.45, 7) is 10.4. The Morgan fingerprint density at radius 1 is 1.47 bits per heavy atom. The minimum atomic E-state index is 0.340. The fourth-order valence-corrected chi connectivity index (χ4v) is 2.66. The summed E-state index contributed by atoms with van der Waals surface area (Å²) in [6.07, 6.45) is 4.32. The highest BCUT2D eigenvalue weighted by atomic mass is 16.2. The normalized spacial score (nSPS) is 22.2. The predicted octanol–water partition coefficient (Wildman–Crippen LogP) is 2.27. The van der Waals surface area contributed by atoms with Crippen LogP contribution in [-0.4, -0.2) is 37.0 Å². The molecule has 2 unspecified atom stereocenters. The maximum Gasteiger partial charge on any atom is 0.222 e. The van der Waals surface area contributed by atoms with Gasteiger partial charge in [-0.2, -0.15) is 0 Å². The van der Waals surface area contributed by atoms with E-state index in [1.807, 2.05) is 4.90 Å². The highest BCUT2D eigenvalue weighted by Gasteiger charge is 2.23. The van der Waals surface area contributed by atoms with E-state index < -0.39 is 0 Å². The Balaban J connectivity index is 2.37. The lowest BCUT2D eigenvalue weighted by molar-refractivity contribution is -0.132. The average molecular weight is 240 g/mol. The summed E-state index contributed by atoms with van der Waals surface area (Å²) in [6, 6.07) is 0. The molecule has 0 saturated carbocycles. The van der Waals surface area contributed by atoms with E-state index in [1.165, 1.54) is 12.8 Å². The second-order valence-electron chi connectivity index (χ2n) is 5.26. The van der Waals surface area contributed by atoms with Crippen molar-refractivity contribution in [3.8, 4) is 0 Å². The van der Waals surface area contributed by atoms with E-state index in [2.05, 4.69) is 26.1 Å². The number of rotatable bonds is 6. The molecule has 0 spiro atoms. The zero-order chi connectivity index (χ0) is 12.7. The fourth-order valence-electron chi connectivity index (χ4n) is 2.66. The highest BCUT2D eigenvalue weighted by Crippen LogP contribution is 2.23. The molecule has 0 aromatic carbocycles. The number of carbonyl (C=O) groups is 1. The molecule has 0 radical (unpaired) electrons. The van der Waals surface area contributed by atoms with Gasteiger partial charge in [-0.1, -0.05) is 13.8 Å². The van der Waals surface area contributed by atoms with Crippen LogP contribution >= 0.6 is 0 Å². The van der Waals surface area contributed by atoms with Gasteiger partial charge in [-0.25, -0.2) is 0 Å². The van der Waals surface area contributed by atoms with Gasteiger partial charge in [-0.3, -0.25) is 4.79 Å². The summed E-state index contributed by atoms with van der Waals surface area (Å²) in [5.41, 5.74) is 0. The van der Waals surface area contributed by atoms with Gasteiger partial charge in [0.25, 0.3) is 0 Å². The first-order valence-corrected chi connectivity index (χ1v) is 7.17. The predicted molar refractivity (Wildman–Crippen MR) is 71.9 cm³/mol. The van der Waals surface area contributed by atoms with Gasteiger partial charge >= 0.3 is 0 Å². The molecule has 0 aliphatic carbocycles. The Morgan fingerprint density at radius 2 is 2.24 bits per heavy atom. The Bertz CT molecular complexity index is 224. The van der Waals surface area contributed by atoms with Crippen LogP contribution in [0.15, 0.2) is 0 Å². The van der Waals surface area contributed by atoms with Gasteiger partial charge in [0.1, 0.15) is 0 Å². The number of hydrogen-bond acceptors (Lipinski definition) is 2. The van der Waals surface area contributed by atoms with Crippen LogP contribution in [0.1, 0.15) is 46.5 Å². The Kier molecular flexibility index (Phi) is 6.56. The van der Waals surface area contributed by atoms with Crippen LogP contribution in [0.2, 0.25) is 0 Å². The van der Waals surface area contributed by atoms with Gasteiger partial charge < -0.3 is 10.2 Å². The molecule has 17 heavy (non-hydrogen) atoms. The molecule has 1 saturated heterocycles. The molecule has 3 nitrogen and oxygen atoms in total. The molecule has 3 heteroatoms. The van der Waals surface area contributed by atoms with Crippen molar-refractivity contribution in [2.45, 2.75) is 46.5 Å². The molecule has 2 atom stereocenters. The molecule has 100 valence electrons. The van der Waals surface area contributed by atoms with Crippen molar-refractivity contribution in [2.75, 3.05) is 26.2 Å². The van der Waals surface area contributed by atoms with Crippen molar-refractivity contribution in [2.24, 2.45) is 11.8 Å². The molecular weight excluding hydrogens is 212 g/mol. The SMILES string of the molecule is CCCN(CC)C(=O)CC(C)C1CCCNC1. The lowest BCUT2D eigenvalue weighted by Gasteiger charge is -2.29. The Morgan fingerprint density at radius 3 is 2.76 bits per heavy atom. The molecule has 1 amide bonds. The third-order valence-electron chi connectivity index (χ3n) is 3.86. The van der Waals surface area contributed by atoms with Crippen LogP contribution in [0.25, 0.3) is 0 Å². The standard InChI is InChI=1S/C14H28N2O/c1-4-9-16(5-2)14(17)10-12(3)13-7-6-8-15-11-13/h12-13,15H,4-11H2,1-3H3. The molecule has 0 bridgehead atoms. The fraction of sp³-hybridized carbons (Fsp3) is 0.929. The molecule has 1 aliphatic heterocycles. The smallest absolute Gasteiger partial charge is 0.222 e. The van der Waals surface area contributed by atoms with Crippen LogP contribution in [0.3, 0.4) is 0 Å². The van der Waals surface area contributed by atoms with E-state index in [-0.39, 0.29) is 0 Å².